The summed E-state index contributed by atoms with van der Waals surface area (Å²) in [6.07, 6.45) is 3.17. The zero-order valence-corrected chi connectivity index (χ0v) is 10.1. The van der Waals surface area contributed by atoms with Gasteiger partial charge < -0.3 is 5.32 Å². The van der Waals surface area contributed by atoms with Crippen molar-refractivity contribution >= 4 is 5.69 Å². The van der Waals surface area contributed by atoms with E-state index in [1.165, 1.54) is 6.20 Å². The van der Waals surface area contributed by atoms with E-state index in [2.05, 4.69) is 10.4 Å². The number of aryl methyl sites for hydroxylation is 1. The van der Waals surface area contributed by atoms with Crippen LogP contribution in [0, 0.1) is 23.3 Å². The molecule has 3 nitrogen and oxygen atoms in total. The fourth-order valence-electron chi connectivity index (χ4n) is 1.59. The molecule has 1 N–H and O–H groups in total. The minimum atomic E-state index is -1.44. The van der Waals surface area contributed by atoms with Gasteiger partial charge in [0, 0.05) is 30.9 Å². The molecule has 0 saturated heterocycles. The van der Waals surface area contributed by atoms with E-state index in [1.807, 2.05) is 6.92 Å². The summed E-state index contributed by atoms with van der Waals surface area (Å²) in [5, 5.41) is 6.30. The van der Waals surface area contributed by atoms with Crippen molar-refractivity contribution in [2.75, 3.05) is 5.32 Å². The van der Waals surface area contributed by atoms with Gasteiger partial charge in [0.15, 0.2) is 23.3 Å². The molecule has 0 spiro atoms. The molecule has 1 heterocycles. The Morgan fingerprint density at radius 1 is 1.16 bits per heavy atom. The van der Waals surface area contributed by atoms with E-state index in [1.54, 1.807) is 10.9 Å². The van der Waals surface area contributed by atoms with Gasteiger partial charge in [0.2, 0.25) is 0 Å². The van der Waals surface area contributed by atoms with Gasteiger partial charge in [-0.25, -0.2) is 17.6 Å². The van der Waals surface area contributed by atoms with Crippen molar-refractivity contribution in [2.45, 2.75) is 20.0 Å². The SMILES string of the molecule is CCn1cc(CNc2c(F)c(F)cc(F)c2F)cn1. The second-order valence-electron chi connectivity index (χ2n) is 3.90. The first kappa shape index (κ1) is 13.4. The molecule has 0 bridgehead atoms. The number of rotatable bonds is 4. The van der Waals surface area contributed by atoms with Gasteiger partial charge in [-0.2, -0.15) is 5.10 Å². The molecule has 0 radical (unpaired) electrons. The van der Waals surface area contributed by atoms with Crippen molar-refractivity contribution in [3.63, 3.8) is 0 Å². The number of hydrogen-bond acceptors (Lipinski definition) is 2. The van der Waals surface area contributed by atoms with E-state index in [4.69, 9.17) is 0 Å². The van der Waals surface area contributed by atoms with E-state index in [9.17, 15) is 17.6 Å². The third-order valence-electron chi connectivity index (χ3n) is 2.59. The number of benzene rings is 1. The number of nitrogens with one attached hydrogen (secondary N) is 1. The summed E-state index contributed by atoms with van der Waals surface area (Å²) in [5.41, 5.74) is -0.174. The lowest BCUT2D eigenvalue weighted by Gasteiger charge is -2.08. The van der Waals surface area contributed by atoms with Crippen LogP contribution in [0.25, 0.3) is 0 Å². The largest absolute Gasteiger partial charge is 0.376 e. The molecule has 7 heteroatoms. The zero-order chi connectivity index (χ0) is 14.0. The van der Waals surface area contributed by atoms with Crippen LogP contribution in [-0.2, 0) is 13.1 Å². The maximum Gasteiger partial charge on any atom is 0.185 e. The van der Waals surface area contributed by atoms with Crippen LogP contribution in [-0.4, -0.2) is 9.78 Å². The predicted molar refractivity (Wildman–Crippen MR) is 61.5 cm³/mol. The molecule has 19 heavy (non-hydrogen) atoms. The van der Waals surface area contributed by atoms with Crippen LogP contribution in [0.1, 0.15) is 12.5 Å². The van der Waals surface area contributed by atoms with Crippen molar-refractivity contribution in [1.29, 1.82) is 0 Å². The third-order valence-corrected chi connectivity index (χ3v) is 2.59. The molecule has 0 amide bonds. The Morgan fingerprint density at radius 3 is 2.32 bits per heavy atom. The van der Waals surface area contributed by atoms with Gasteiger partial charge in [-0.1, -0.05) is 0 Å². The molecule has 1 aromatic carbocycles. The average molecular weight is 273 g/mol. The molecule has 0 saturated carbocycles. The van der Waals surface area contributed by atoms with Crippen LogP contribution in [0.2, 0.25) is 0 Å². The summed E-state index contributed by atoms with van der Waals surface area (Å²) in [6, 6.07) is 0.172. The average Bonchev–Trinajstić information content (AvgIpc) is 2.84. The van der Waals surface area contributed by atoms with E-state index in [0.717, 1.165) is 0 Å². The first-order chi connectivity index (χ1) is 9.02. The smallest absolute Gasteiger partial charge is 0.185 e. The first-order valence-corrected chi connectivity index (χ1v) is 5.61. The maximum absolute atomic E-state index is 13.4. The highest BCUT2D eigenvalue weighted by molar-refractivity contribution is 5.47. The van der Waals surface area contributed by atoms with E-state index < -0.39 is 29.0 Å². The molecule has 1 aromatic heterocycles. The van der Waals surface area contributed by atoms with Crippen LogP contribution >= 0.6 is 0 Å². The lowest BCUT2D eigenvalue weighted by atomic mass is 10.2. The Kier molecular flexibility index (Phi) is 3.73. The predicted octanol–water partition coefficient (Wildman–Crippen LogP) is 3.07. The normalized spacial score (nSPS) is 10.8. The molecular weight excluding hydrogens is 262 g/mol. The van der Waals surface area contributed by atoms with Crippen molar-refractivity contribution in [3.05, 3.63) is 47.3 Å². The van der Waals surface area contributed by atoms with Crippen molar-refractivity contribution in [3.8, 4) is 0 Å². The molecule has 0 aliphatic heterocycles. The van der Waals surface area contributed by atoms with Crippen LogP contribution in [0.3, 0.4) is 0 Å². The number of hydrogen-bond donors (Lipinski definition) is 1. The highest BCUT2D eigenvalue weighted by Gasteiger charge is 2.18. The first-order valence-electron chi connectivity index (χ1n) is 5.61. The van der Waals surface area contributed by atoms with Crippen molar-refractivity contribution in [1.82, 2.24) is 9.78 Å². The molecule has 2 rings (SSSR count). The molecular formula is C12H11F4N3. The minimum absolute atomic E-state index is 0.0106. The second kappa shape index (κ2) is 5.29. The molecule has 0 aliphatic carbocycles. The van der Waals surface area contributed by atoms with E-state index in [-0.39, 0.29) is 12.6 Å². The Morgan fingerprint density at radius 2 is 1.79 bits per heavy atom. The van der Waals surface area contributed by atoms with Gasteiger partial charge in [-0.3, -0.25) is 4.68 Å². The lowest BCUT2D eigenvalue weighted by molar-refractivity contribution is 0.458. The minimum Gasteiger partial charge on any atom is -0.376 e. The van der Waals surface area contributed by atoms with Gasteiger partial charge in [-0.05, 0) is 6.92 Å². The molecule has 102 valence electrons. The lowest BCUT2D eigenvalue weighted by Crippen LogP contribution is -2.07. The number of aromatic nitrogens is 2. The summed E-state index contributed by atoms with van der Waals surface area (Å²) < 4.78 is 54.3. The Labute approximate surface area is 106 Å². The number of nitrogens with zero attached hydrogens (tertiary/aromatic N) is 2. The highest BCUT2D eigenvalue weighted by atomic mass is 19.2. The zero-order valence-electron chi connectivity index (χ0n) is 10.1. The fourth-order valence-corrected chi connectivity index (χ4v) is 1.59. The molecule has 0 unspecified atom stereocenters. The monoisotopic (exact) mass is 273 g/mol. The molecule has 0 atom stereocenters. The highest BCUT2D eigenvalue weighted by Crippen LogP contribution is 2.24. The summed E-state index contributed by atoms with van der Waals surface area (Å²) in [4.78, 5) is 0. The van der Waals surface area contributed by atoms with Crippen molar-refractivity contribution < 1.29 is 17.6 Å². The van der Waals surface area contributed by atoms with E-state index >= 15 is 0 Å². The van der Waals surface area contributed by atoms with Crippen LogP contribution in [0.5, 0.6) is 0 Å². The maximum atomic E-state index is 13.4. The van der Waals surface area contributed by atoms with Crippen LogP contribution < -0.4 is 5.32 Å². The second-order valence-corrected chi connectivity index (χ2v) is 3.90. The quantitative estimate of drug-likeness (QED) is 0.685. The standard InChI is InChI=1S/C12H11F4N3/c1-2-19-6-7(5-18-19)4-17-12-10(15)8(13)3-9(14)11(12)16/h3,5-6,17H,2,4H2,1H3. The molecule has 2 aromatic rings. The fraction of sp³-hybridized carbons (Fsp3) is 0.250. The van der Waals surface area contributed by atoms with Gasteiger partial charge in [0.25, 0.3) is 0 Å². The summed E-state index contributed by atoms with van der Waals surface area (Å²) in [7, 11) is 0. The van der Waals surface area contributed by atoms with Gasteiger partial charge in [-0.15, -0.1) is 0 Å². The van der Waals surface area contributed by atoms with Gasteiger partial charge >= 0.3 is 0 Å². The Balaban J connectivity index is 2.19. The molecule has 0 fully saturated rings. The van der Waals surface area contributed by atoms with Crippen LogP contribution in [0.4, 0.5) is 23.2 Å². The summed E-state index contributed by atoms with van der Waals surface area (Å²) >= 11 is 0. The Bertz CT molecular complexity index is 569. The van der Waals surface area contributed by atoms with Gasteiger partial charge in [0.1, 0.15) is 5.69 Å². The topological polar surface area (TPSA) is 29.9 Å². The van der Waals surface area contributed by atoms with Gasteiger partial charge in [0.05, 0.1) is 6.20 Å². The molecule has 0 aliphatic rings. The third kappa shape index (κ3) is 2.69. The number of anilines is 1. The summed E-state index contributed by atoms with van der Waals surface area (Å²) in [6.45, 7) is 2.54. The number of halogens is 4. The summed E-state index contributed by atoms with van der Waals surface area (Å²) in [5.74, 6) is -5.76. The van der Waals surface area contributed by atoms with E-state index in [0.29, 0.717) is 12.1 Å². The Hall–Kier alpha value is -2.05. The van der Waals surface area contributed by atoms with Crippen molar-refractivity contribution in [2.24, 2.45) is 0 Å². The van der Waals surface area contributed by atoms with Crippen LogP contribution in [0.15, 0.2) is 18.5 Å².